The quantitative estimate of drug-likeness (QED) is 0.497. The van der Waals surface area contributed by atoms with Crippen molar-refractivity contribution in [1.29, 1.82) is 0 Å². The van der Waals surface area contributed by atoms with Gasteiger partial charge in [-0.25, -0.2) is 0 Å². The topological polar surface area (TPSA) is 0 Å². The van der Waals surface area contributed by atoms with Gasteiger partial charge in [0.25, 0.3) is 0 Å². The van der Waals surface area contributed by atoms with Crippen LogP contribution >= 0.6 is 0 Å². The van der Waals surface area contributed by atoms with E-state index in [1.54, 1.807) is 30.3 Å². The summed E-state index contributed by atoms with van der Waals surface area (Å²) < 4.78 is 0.912. The second-order valence-corrected chi connectivity index (χ2v) is 6.39. The standard InChI is InChI=1S/C14H15.2ClH.Zr/c1-2-6-11(5-1)14-9-12-7-3-4-8-13(12)10-14;;;/h1-5,7-9,12-14H,6,10H2;2*1H;/q;;;+2/p-2. The van der Waals surface area contributed by atoms with Crippen molar-refractivity contribution in [2.75, 3.05) is 0 Å². The summed E-state index contributed by atoms with van der Waals surface area (Å²) in [6.07, 6.45) is 18.8. The monoisotopic (exact) mass is 343 g/mol. The number of hydrogen-bond acceptors (Lipinski definition) is 0. The van der Waals surface area contributed by atoms with Crippen LogP contribution in [0.4, 0.5) is 0 Å². The van der Waals surface area contributed by atoms with Crippen molar-refractivity contribution in [1.82, 2.24) is 0 Å². The fourth-order valence-corrected chi connectivity index (χ4v) is 4.86. The van der Waals surface area contributed by atoms with Gasteiger partial charge in [-0.3, -0.25) is 0 Å². The van der Waals surface area contributed by atoms with Crippen LogP contribution in [-0.2, 0) is 24.7 Å². The Balaban J connectivity index is 0.000000722. The van der Waals surface area contributed by atoms with Gasteiger partial charge in [0.1, 0.15) is 0 Å². The number of allylic oxidation sites excluding steroid dienone is 8. The van der Waals surface area contributed by atoms with Crippen LogP contribution in [0.2, 0.25) is 3.63 Å². The molecule has 4 unspecified atom stereocenters. The zero-order valence-electron chi connectivity index (χ0n) is 9.52. The minimum atomic E-state index is 0. The molecular weight excluding hydrogens is 330 g/mol. The summed E-state index contributed by atoms with van der Waals surface area (Å²) in [6, 6.07) is 0. The first-order valence-corrected chi connectivity index (χ1v) is 7.20. The third kappa shape index (κ3) is 2.88. The molecule has 0 aromatic rings. The predicted molar refractivity (Wildman–Crippen MR) is 59.0 cm³/mol. The molecule has 4 atom stereocenters. The summed E-state index contributed by atoms with van der Waals surface area (Å²) in [5.41, 5.74) is 1.69. The summed E-state index contributed by atoms with van der Waals surface area (Å²) in [5, 5.41) is 0. The van der Waals surface area contributed by atoms with Crippen molar-refractivity contribution in [3.63, 3.8) is 0 Å². The Morgan fingerprint density at radius 2 is 1.82 bits per heavy atom. The molecule has 1 fully saturated rings. The van der Waals surface area contributed by atoms with Gasteiger partial charge >= 0.3 is 107 Å². The molecule has 0 radical (unpaired) electrons. The van der Waals surface area contributed by atoms with Gasteiger partial charge in [-0.2, -0.15) is 0 Å². The van der Waals surface area contributed by atoms with Crippen molar-refractivity contribution in [2.24, 2.45) is 17.8 Å². The molecule has 3 rings (SSSR count). The van der Waals surface area contributed by atoms with Gasteiger partial charge in [-0.05, 0) is 0 Å². The van der Waals surface area contributed by atoms with Gasteiger partial charge in [0, 0.05) is 0 Å². The van der Waals surface area contributed by atoms with E-state index < -0.39 is 0 Å². The van der Waals surface area contributed by atoms with Gasteiger partial charge in [-0.15, -0.1) is 0 Å². The van der Waals surface area contributed by atoms with Crippen molar-refractivity contribution in [3.8, 4) is 0 Å². The third-order valence-corrected chi connectivity index (χ3v) is 5.88. The molecule has 0 N–H and O–H groups in total. The molecule has 0 aromatic carbocycles. The van der Waals surface area contributed by atoms with E-state index in [1.165, 1.54) is 12.8 Å². The molecule has 0 aromatic heterocycles. The molecule has 3 aliphatic rings. The first kappa shape index (κ1) is 15.5. The number of rotatable bonds is 1. The van der Waals surface area contributed by atoms with Gasteiger partial charge in [0.15, 0.2) is 0 Å². The molecule has 0 bridgehead atoms. The molecule has 1 saturated carbocycles. The van der Waals surface area contributed by atoms with E-state index in [-0.39, 0.29) is 24.8 Å². The van der Waals surface area contributed by atoms with Crippen LogP contribution < -0.4 is 24.8 Å². The van der Waals surface area contributed by atoms with E-state index in [0.717, 1.165) is 21.4 Å². The molecule has 0 aliphatic heterocycles. The minimum absolute atomic E-state index is 0. The van der Waals surface area contributed by atoms with Crippen LogP contribution in [0.25, 0.3) is 0 Å². The first-order valence-electron chi connectivity index (χ1n) is 5.78. The maximum atomic E-state index is 2.44. The van der Waals surface area contributed by atoms with Crippen molar-refractivity contribution >= 4 is 0 Å². The van der Waals surface area contributed by atoms with Crippen LogP contribution in [0.1, 0.15) is 12.8 Å². The molecule has 0 nitrogen and oxygen atoms in total. The molecule has 0 heterocycles. The maximum absolute atomic E-state index is 2.44. The Bertz CT molecular complexity index is 382. The van der Waals surface area contributed by atoms with Crippen LogP contribution in [-0.4, -0.2) is 0 Å². The van der Waals surface area contributed by atoms with E-state index in [9.17, 15) is 0 Å². The predicted octanol–water partition coefficient (Wildman–Crippen LogP) is -2.41. The van der Waals surface area contributed by atoms with E-state index in [0.29, 0.717) is 0 Å². The second-order valence-electron chi connectivity index (χ2n) is 4.75. The van der Waals surface area contributed by atoms with E-state index in [4.69, 9.17) is 0 Å². The summed E-state index contributed by atoms with van der Waals surface area (Å²) in [4.78, 5) is 0. The van der Waals surface area contributed by atoms with Crippen molar-refractivity contribution in [3.05, 3.63) is 48.1 Å². The van der Waals surface area contributed by atoms with Gasteiger partial charge in [-0.1, -0.05) is 0 Å². The fraction of sp³-hybridized carbons (Fsp3) is 0.429. The second kappa shape index (κ2) is 6.55. The SMILES string of the molecule is [Cl-].[Cl-].[Zr+2][CH]1C(C2=CC=CC2)CC2C=CC=CC21. The average Bonchev–Trinajstić information content (AvgIpc) is 2.87. The number of halogens is 2. The van der Waals surface area contributed by atoms with Crippen LogP contribution in [0.5, 0.6) is 0 Å². The molecule has 3 aliphatic carbocycles. The zero-order valence-corrected chi connectivity index (χ0v) is 13.5. The van der Waals surface area contributed by atoms with Crippen molar-refractivity contribution in [2.45, 2.75) is 16.5 Å². The van der Waals surface area contributed by atoms with Crippen molar-refractivity contribution < 1.29 is 49.5 Å². The molecule has 17 heavy (non-hydrogen) atoms. The zero-order chi connectivity index (χ0) is 10.3. The average molecular weight is 345 g/mol. The molecule has 0 saturated heterocycles. The normalized spacial score (nSPS) is 37.2. The summed E-state index contributed by atoms with van der Waals surface area (Å²) in [7, 11) is 0. The summed E-state index contributed by atoms with van der Waals surface area (Å²) in [6.45, 7) is 0. The Hall–Kier alpha value is 0.423. The first-order chi connectivity index (χ1) is 7.36. The van der Waals surface area contributed by atoms with Crippen LogP contribution in [0, 0.1) is 17.8 Å². The number of fused-ring (bicyclic) bond motifs is 1. The van der Waals surface area contributed by atoms with E-state index in [1.807, 2.05) is 0 Å². The van der Waals surface area contributed by atoms with E-state index in [2.05, 4.69) is 42.5 Å². The molecule has 0 amide bonds. The summed E-state index contributed by atoms with van der Waals surface area (Å²) >= 11 is 1.72. The third-order valence-electron chi connectivity index (χ3n) is 3.95. The van der Waals surface area contributed by atoms with Crippen LogP contribution in [0.15, 0.2) is 48.1 Å². The summed E-state index contributed by atoms with van der Waals surface area (Å²) in [5.74, 6) is 2.52. The van der Waals surface area contributed by atoms with Gasteiger partial charge in [0.05, 0.1) is 0 Å². The Labute approximate surface area is 131 Å². The molecular formula is C14H15Cl2Zr. The fourth-order valence-electron chi connectivity index (χ4n) is 3.12. The van der Waals surface area contributed by atoms with Gasteiger partial charge < -0.3 is 24.8 Å². The molecule has 3 heteroatoms. The molecule has 0 spiro atoms. The number of hydrogen-bond donors (Lipinski definition) is 0. The molecule has 89 valence electrons. The Kier molecular flexibility index (Phi) is 5.96. The van der Waals surface area contributed by atoms with Crippen LogP contribution in [0.3, 0.4) is 0 Å². The van der Waals surface area contributed by atoms with E-state index >= 15 is 0 Å². The van der Waals surface area contributed by atoms with Gasteiger partial charge in [0.2, 0.25) is 0 Å². The Morgan fingerprint density at radius 1 is 1.06 bits per heavy atom. The Morgan fingerprint density at radius 3 is 2.47 bits per heavy atom.